The number of nitriles is 1. The number of thioether (sulfide) groups is 1. The highest BCUT2D eigenvalue weighted by atomic mass is 32.2. The number of nitrogens with zero attached hydrogens (tertiary/aromatic N) is 4. The second kappa shape index (κ2) is 9.62. The van der Waals surface area contributed by atoms with Crippen LogP contribution >= 0.6 is 11.8 Å². The van der Waals surface area contributed by atoms with E-state index in [0.717, 1.165) is 22.7 Å². The zero-order chi connectivity index (χ0) is 22.5. The molecule has 0 fully saturated rings. The summed E-state index contributed by atoms with van der Waals surface area (Å²) in [6.07, 6.45) is 2.12. The monoisotopic (exact) mass is 454 g/mol. The molecule has 0 unspecified atom stereocenters. The summed E-state index contributed by atoms with van der Waals surface area (Å²) >= 11 is 1.11. The van der Waals surface area contributed by atoms with E-state index in [4.69, 9.17) is 9.68 Å². The van der Waals surface area contributed by atoms with Gasteiger partial charge in [-0.3, -0.25) is 4.79 Å². The molecule has 2 aromatic carbocycles. The van der Waals surface area contributed by atoms with Gasteiger partial charge in [-0.2, -0.15) is 14.0 Å². The van der Waals surface area contributed by atoms with Crippen molar-refractivity contribution in [3.8, 4) is 23.3 Å². The zero-order valence-electron chi connectivity index (χ0n) is 16.6. The Morgan fingerprint density at radius 2 is 1.97 bits per heavy atom. The van der Waals surface area contributed by atoms with Crippen molar-refractivity contribution in [1.29, 1.82) is 5.26 Å². The molecule has 0 atom stereocenters. The van der Waals surface area contributed by atoms with Crippen LogP contribution in [0.2, 0.25) is 0 Å². The van der Waals surface area contributed by atoms with Crippen LogP contribution in [0.4, 0.5) is 8.78 Å². The predicted octanol–water partition coefficient (Wildman–Crippen LogP) is 5.18. The number of fused-ring (bicyclic) bond motifs is 1. The molecule has 0 aliphatic carbocycles. The molecule has 0 amide bonds. The molecule has 0 saturated carbocycles. The maximum Gasteiger partial charge on any atom is 0.387 e. The van der Waals surface area contributed by atoms with Crippen LogP contribution in [-0.4, -0.2) is 32.9 Å². The first-order valence-corrected chi connectivity index (χ1v) is 10.5. The number of halogens is 2. The second-order valence-corrected chi connectivity index (χ2v) is 7.58. The number of aromatic nitrogens is 3. The van der Waals surface area contributed by atoms with Gasteiger partial charge < -0.3 is 13.7 Å². The Kier molecular flexibility index (Phi) is 6.47. The van der Waals surface area contributed by atoms with Crippen molar-refractivity contribution in [2.45, 2.75) is 24.8 Å². The van der Waals surface area contributed by atoms with Crippen LogP contribution in [0.5, 0.6) is 5.75 Å². The third-order valence-corrected chi connectivity index (χ3v) is 5.43. The van der Waals surface area contributed by atoms with Crippen LogP contribution in [0.15, 0.2) is 64.4 Å². The van der Waals surface area contributed by atoms with Crippen molar-refractivity contribution < 1.29 is 22.7 Å². The SMILES string of the molecule is N#CCCn1cc(C(=O)CSc2nnc(-c3ccc(OC(F)F)cc3)o2)c2ccccc21. The second-order valence-electron chi connectivity index (χ2n) is 6.65. The lowest BCUT2D eigenvalue weighted by Gasteiger charge is -2.03. The molecule has 4 aromatic rings. The molecule has 0 aliphatic heterocycles. The summed E-state index contributed by atoms with van der Waals surface area (Å²) in [7, 11) is 0. The van der Waals surface area contributed by atoms with Gasteiger partial charge in [-0.05, 0) is 30.3 Å². The van der Waals surface area contributed by atoms with Crippen LogP contribution in [0, 0.1) is 11.3 Å². The number of Topliss-reactive ketones (excluding diaryl/α,β-unsaturated/α-hetero) is 1. The van der Waals surface area contributed by atoms with Gasteiger partial charge in [0.15, 0.2) is 5.78 Å². The van der Waals surface area contributed by atoms with E-state index in [1.807, 2.05) is 28.8 Å². The quantitative estimate of drug-likeness (QED) is 0.254. The van der Waals surface area contributed by atoms with Crippen molar-refractivity contribution in [3.63, 3.8) is 0 Å². The van der Waals surface area contributed by atoms with Crippen LogP contribution in [-0.2, 0) is 6.54 Å². The van der Waals surface area contributed by atoms with Gasteiger partial charge in [0.1, 0.15) is 5.75 Å². The van der Waals surface area contributed by atoms with Gasteiger partial charge in [-0.15, -0.1) is 10.2 Å². The molecule has 0 N–H and O–H groups in total. The Morgan fingerprint density at radius 1 is 1.19 bits per heavy atom. The molecule has 32 heavy (non-hydrogen) atoms. The standard InChI is InChI=1S/C22H16F2N4O3S/c23-21(24)30-15-8-6-14(7-9-15)20-26-27-22(31-20)32-13-19(29)17-12-28(11-3-10-25)18-5-2-1-4-16(17)18/h1-2,4-9,12,21H,3,11,13H2. The highest BCUT2D eigenvalue weighted by molar-refractivity contribution is 7.99. The first-order valence-electron chi connectivity index (χ1n) is 9.54. The predicted molar refractivity (Wildman–Crippen MR) is 114 cm³/mol. The largest absolute Gasteiger partial charge is 0.435 e. The Bertz CT molecular complexity index is 1280. The van der Waals surface area contributed by atoms with E-state index in [0.29, 0.717) is 24.1 Å². The number of ether oxygens (including phenoxy) is 1. The number of carbonyl (C=O) groups is 1. The first-order chi connectivity index (χ1) is 15.5. The van der Waals surface area contributed by atoms with Gasteiger partial charge >= 0.3 is 6.61 Å². The molecule has 0 spiro atoms. The van der Waals surface area contributed by atoms with E-state index < -0.39 is 6.61 Å². The van der Waals surface area contributed by atoms with E-state index in [-0.39, 0.29) is 28.4 Å². The van der Waals surface area contributed by atoms with Crippen molar-refractivity contribution in [3.05, 3.63) is 60.3 Å². The Labute approximate surface area is 185 Å². The minimum Gasteiger partial charge on any atom is -0.435 e. The molecular weight excluding hydrogens is 438 g/mol. The molecule has 4 rings (SSSR count). The molecular formula is C22H16F2N4O3S. The average molecular weight is 454 g/mol. The molecule has 162 valence electrons. The normalized spacial score (nSPS) is 11.1. The molecule has 7 nitrogen and oxygen atoms in total. The number of benzene rings is 2. The summed E-state index contributed by atoms with van der Waals surface area (Å²) in [6.45, 7) is -2.39. The molecule has 0 saturated heterocycles. The number of ketones is 1. The third kappa shape index (κ3) is 4.78. The number of hydrogen-bond acceptors (Lipinski definition) is 7. The molecule has 0 aliphatic rings. The number of alkyl halides is 2. The molecule has 10 heteroatoms. The van der Waals surface area contributed by atoms with Crippen molar-refractivity contribution >= 4 is 28.4 Å². The lowest BCUT2D eigenvalue weighted by Crippen LogP contribution is -2.02. The van der Waals surface area contributed by atoms with E-state index in [9.17, 15) is 13.6 Å². The van der Waals surface area contributed by atoms with Crippen molar-refractivity contribution in [2.24, 2.45) is 0 Å². The summed E-state index contributed by atoms with van der Waals surface area (Å²) in [5, 5.41) is 17.8. The van der Waals surface area contributed by atoms with Crippen LogP contribution in [0.1, 0.15) is 16.8 Å². The summed E-state index contributed by atoms with van der Waals surface area (Å²) in [6, 6.07) is 15.5. The van der Waals surface area contributed by atoms with Crippen LogP contribution in [0.3, 0.4) is 0 Å². The van der Waals surface area contributed by atoms with E-state index in [2.05, 4.69) is 21.0 Å². The van der Waals surface area contributed by atoms with Crippen molar-refractivity contribution in [1.82, 2.24) is 14.8 Å². The number of aryl methyl sites for hydroxylation is 1. The van der Waals surface area contributed by atoms with E-state index in [1.165, 1.54) is 24.3 Å². The fourth-order valence-electron chi connectivity index (χ4n) is 3.19. The van der Waals surface area contributed by atoms with Gasteiger partial charge in [0.25, 0.3) is 5.22 Å². The number of rotatable bonds is 9. The molecule has 2 heterocycles. The maximum atomic E-state index is 12.9. The van der Waals surface area contributed by atoms with Gasteiger partial charge in [-0.25, -0.2) is 0 Å². The smallest absolute Gasteiger partial charge is 0.387 e. The lowest BCUT2D eigenvalue weighted by molar-refractivity contribution is -0.0498. The average Bonchev–Trinajstić information content (AvgIpc) is 3.41. The fraction of sp³-hybridized carbons (Fsp3) is 0.182. The van der Waals surface area contributed by atoms with Crippen LogP contribution in [0.25, 0.3) is 22.4 Å². The summed E-state index contributed by atoms with van der Waals surface area (Å²) in [4.78, 5) is 12.9. The van der Waals surface area contributed by atoms with E-state index >= 15 is 0 Å². The van der Waals surface area contributed by atoms with Gasteiger partial charge in [0.05, 0.1) is 18.2 Å². The molecule has 0 radical (unpaired) electrons. The number of carbonyl (C=O) groups excluding carboxylic acids is 1. The van der Waals surface area contributed by atoms with Crippen molar-refractivity contribution in [2.75, 3.05) is 5.75 Å². The number of para-hydroxylation sites is 1. The van der Waals surface area contributed by atoms with Gasteiger partial charge in [0, 0.05) is 34.8 Å². The highest BCUT2D eigenvalue weighted by Gasteiger charge is 2.17. The summed E-state index contributed by atoms with van der Waals surface area (Å²) in [5.41, 5.74) is 2.01. The van der Waals surface area contributed by atoms with Gasteiger partial charge in [0.2, 0.25) is 5.89 Å². The van der Waals surface area contributed by atoms with Gasteiger partial charge in [-0.1, -0.05) is 30.0 Å². The Morgan fingerprint density at radius 3 is 2.72 bits per heavy atom. The minimum atomic E-state index is -2.90. The Hall–Kier alpha value is -3.71. The third-order valence-electron chi connectivity index (χ3n) is 4.61. The fourth-order valence-corrected chi connectivity index (χ4v) is 3.84. The summed E-state index contributed by atoms with van der Waals surface area (Å²) in [5.74, 6) is 0.221. The maximum absolute atomic E-state index is 12.9. The molecule has 2 aromatic heterocycles. The molecule has 0 bridgehead atoms. The van der Waals surface area contributed by atoms with Crippen LogP contribution < -0.4 is 4.74 Å². The zero-order valence-corrected chi connectivity index (χ0v) is 17.4. The summed E-state index contributed by atoms with van der Waals surface area (Å²) < 4.78 is 36.3. The first kappa shape index (κ1) is 21.5. The topological polar surface area (TPSA) is 93.9 Å². The number of hydrogen-bond donors (Lipinski definition) is 0. The van der Waals surface area contributed by atoms with E-state index in [1.54, 1.807) is 6.20 Å². The lowest BCUT2D eigenvalue weighted by atomic mass is 10.1. The Balaban J connectivity index is 1.44. The highest BCUT2D eigenvalue weighted by Crippen LogP contribution is 2.27. The minimum absolute atomic E-state index is 0.0254.